The number of hydrogen-bond acceptors (Lipinski definition) is 1. The third kappa shape index (κ3) is 4.65. The van der Waals surface area contributed by atoms with Gasteiger partial charge in [-0.05, 0) is 35.8 Å². The molecule has 0 amide bonds. The van der Waals surface area contributed by atoms with E-state index in [1.807, 2.05) is 30.4 Å². The first kappa shape index (κ1) is 15.0. The van der Waals surface area contributed by atoms with Crippen molar-refractivity contribution in [2.45, 2.75) is 38.9 Å². The van der Waals surface area contributed by atoms with E-state index in [-0.39, 0.29) is 5.04 Å². The Kier molecular flexibility index (Phi) is 5.15. The Balaban J connectivity index is 2.50. The average Bonchev–Trinajstić information content (AvgIpc) is 2.28. The van der Waals surface area contributed by atoms with Crippen LogP contribution in [0.25, 0.3) is 6.08 Å². The van der Waals surface area contributed by atoms with Crippen LogP contribution in [0.4, 0.5) is 0 Å². The molecule has 0 aliphatic carbocycles. The fourth-order valence-corrected chi connectivity index (χ4v) is 2.15. The van der Waals surface area contributed by atoms with Crippen LogP contribution in [-0.4, -0.2) is 14.9 Å². The third-order valence-electron chi connectivity index (χ3n) is 3.50. The van der Waals surface area contributed by atoms with Gasteiger partial charge in [-0.1, -0.05) is 51.1 Å². The normalized spacial score (nSPS) is 11.8. The monoisotopic (exact) mass is 260 g/mol. The zero-order valence-electron chi connectivity index (χ0n) is 12.2. The highest BCUT2D eigenvalue weighted by Crippen LogP contribution is 2.36. The summed E-state index contributed by atoms with van der Waals surface area (Å²) < 4.78 is 6.03. The molecule has 0 heterocycles. The van der Waals surface area contributed by atoms with Crippen molar-refractivity contribution in [1.29, 1.82) is 0 Å². The van der Waals surface area contributed by atoms with E-state index in [0.29, 0.717) is 6.61 Å². The summed E-state index contributed by atoms with van der Waals surface area (Å²) in [6.45, 7) is 11.9. The van der Waals surface area contributed by atoms with Crippen LogP contribution in [0.5, 0.6) is 0 Å². The van der Waals surface area contributed by atoms with Crippen LogP contribution in [0.15, 0.2) is 42.1 Å². The van der Waals surface area contributed by atoms with E-state index in [1.165, 1.54) is 5.56 Å². The Morgan fingerprint density at radius 2 is 1.78 bits per heavy atom. The molecule has 0 radical (unpaired) electrons. The van der Waals surface area contributed by atoms with Crippen molar-refractivity contribution >= 4 is 14.4 Å². The molecule has 1 nitrogen and oxygen atoms in total. The smallest absolute Gasteiger partial charge is 0.192 e. The lowest BCUT2D eigenvalue weighted by atomic mass is 10.2. The van der Waals surface area contributed by atoms with Crippen LogP contribution in [0.1, 0.15) is 26.3 Å². The van der Waals surface area contributed by atoms with Gasteiger partial charge in [0.2, 0.25) is 0 Å². The van der Waals surface area contributed by atoms with Gasteiger partial charge in [-0.3, -0.25) is 0 Å². The molecule has 18 heavy (non-hydrogen) atoms. The van der Waals surface area contributed by atoms with E-state index in [0.717, 1.165) is 0 Å². The SMILES string of the molecule is CC(C)(C)[Si](C)(C)OCC=C=Cc1ccccc1. The van der Waals surface area contributed by atoms with Crippen LogP contribution in [-0.2, 0) is 4.43 Å². The molecule has 2 heteroatoms. The van der Waals surface area contributed by atoms with Gasteiger partial charge in [0.05, 0.1) is 6.61 Å². The minimum atomic E-state index is -1.62. The molecule has 0 bridgehead atoms. The Bertz CT molecular complexity index is 420. The maximum Gasteiger partial charge on any atom is 0.192 e. The van der Waals surface area contributed by atoms with Gasteiger partial charge in [-0.2, -0.15) is 0 Å². The van der Waals surface area contributed by atoms with Gasteiger partial charge >= 0.3 is 0 Å². The quantitative estimate of drug-likeness (QED) is 0.554. The molecule has 0 N–H and O–H groups in total. The Morgan fingerprint density at radius 1 is 1.17 bits per heavy atom. The number of rotatable bonds is 4. The summed E-state index contributed by atoms with van der Waals surface area (Å²) in [6.07, 6.45) is 3.95. The molecule has 0 atom stereocenters. The molecule has 0 aliphatic rings. The van der Waals surface area contributed by atoms with Crippen molar-refractivity contribution in [1.82, 2.24) is 0 Å². The maximum atomic E-state index is 6.03. The van der Waals surface area contributed by atoms with E-state index in [4.69, 9.17) is 4.43 Å². The van der Waals surface area contributed by atoms with Crippen molar-refractivity contribution < 1.29 is 4.43 Å². The molecule has 0 saturated heterocycles. The summed E-state index contributed by atoms with van der Waals surface area (Å²) in [5.74, 6) is 0. The molecular formula is C16H24OSi. The lowest BCUT2D eigenvalue weighted by molar-refractivity contribution is 0.328. The highest BCUT2D eigenvalue weighted by molar-refractivity contribution is 6.74. The van der Waals surface area contributed by atoms with Gasteiger partial charge in [-0.25, -0.2) is 0 Å². The lowest BCUT2D eigenvalue weighted by Crippen LogP contribution is -2.40. The van der Waals surface area contributed by atoms with Gasteiger partial charge in [0.15, 0.2) is 8.32 Å². The van der Waals surface area contributed by atoms with Crippen LogP contribution < -0.4 is 0 Å². The highest BCUT2D eigenvalue weighted by atomic mass is 28.4. The van der Waals surface area contributed by atoms with E-state index in [1.54, 1.807) is 0 Å². The van der Waals surface area contributed by atoms with Gasteiger partial charge in [0, 0.05) is 0 Å². The van der Waals surface area contributed by atoms with Crippen molar-refractivity contribution in [3.05, 3.63) is 47.7 Å². The topological polar surface area (TPSA) is 9.23 Å². The molecular weight excluding hydrogens is 236 g/mol. The molecule has 0 fully saturated rings. The Labute approximate surface area is 112 Å². The summed E-state index contributed by atoms with van der Waals surface area (Å²) in [6, 6.07) is 10.2. The first-order chi connectivity index (χ1) is 8.33. The minimum absolute atomic E-state index is 0.268. The van der Waals surface area contributed by atoms with Crippen molar-refractivity contribution in [3.8, 4) is 0 Å². The molecule has 1 rings (SSSR count). The fourth-order valence-electron chi connectivity index (χ4n) is 1.22. The van der Waals surface area contributed by atoms with E-state index in [9.17, 15) is 0 Å². The Morgan fingerprint density at radius 3 is 2.33 bits per heavy atom. The first-order valence-corrected chi connectivity index (χ1v) is 9.34. The van der Waals surface area contributed by atoms with Crippen LogP contribution in [0, 0.1) is 0 Å². The van der Waals surface area contributed by atoms with Gasteiger partial charge < -0.3 is 4.43 Å². The molecule has 1 aromatic carbocycles. The second-order valence-corrected chi connectivity index (χ2v) is 10.8. The van der Waals surface area contributed by atoms with Crippen molar-refractivity contribution in [3.63, 3.8) is 0 Å². The molecule has 1 aromatic rings. The summed E-state index contributed by atoms with van der Waals surface area (Å²) in [5.41, 5.74) is 4.34. The molecule has 0 spiro atoms. The van der Waals surface area contributed by atoms with Gasteiger partial charge in [0.25, 0.3) is 0 Å². The molecule has 0 saturated carbocycles. The Hall–Kier alpha value is -1.08. The standard InChI is InChI=1S/C16H24OSi/c1-16(2,3)18(4,5)17-14-10-9-13-15-11-7-6-8-12-15/h6-8,10-13H,14H2,1-5H3. The highest BCUT2D eigenvalue weighted by Gasteiger charge is 2.36. The fraction of sp³-hybridized carbons (Fsp3) is 0.438. The first-order valence-electron chi connectivity index (χ1n) is 6.43. The second kappa shape index (κ2) is 6.19. The molecule has 98 valence electrons. The summed E-state index contributed by atoms with van der Waals surface area (Å²) in [4.78, 5) is 0. The van der Waals surface area contributed by atoms with Crippen LogP contribution in [0.2, 0.25) is 18.1 Å². The maximum absolute atomic E-state index is 6.03. The summed E-state index contributed by atoms with van der Waals surface area (Å²) in [5, 5.41) is 0.268. The third-order valence-corrected chi connectivity index (χ3v) is 8.00. The van der Waals surface area contributed by atoms with Gasteiger partial charge in [-0.15, -0.1) is 5.73 Å². The summed E-state index contributed by atoms with van der Waals surface area (Å²) >= 11 is 0. The lowest BCUT2D eigenvalue weighted by Gasteiger charge is -2.35. The zero-order valence-corrected chi connectivity index (χ0v) is 13.2. The number of benzene rings is 1. The number of hydrogen-bond donors (Lipinski definition) is 0. The minimum Gasteiger partial charge on any atom is -0.413 e. The van der Waals surface area contributed by atoms with Crippen molar-refractivity contribution in [2.24, 2.45) is 0 Å². The van der Waals surface area contributed by atoms with E-state index in [2.05, 4.69) is 51.7 Å². The van der Waals surface area contributed by atoms with Crippen LogP contribution >= 0.6 is 0 Å². The molecule has 0 aromatic heterocycles. The van der Waals surface area contributed by atoms with E-state index >= 15 is 0 Å². The van der Waals surface area contributed by atoms with Crippen molar-refractivity contribution in [2.75, 3.05) is 6.61 Å². The zero-order chi connectivity index (χ0) is 13.6. The molecule has 0 aliphatic heterocycles. The second-order valence-electron chi connectivity index (χ2n) is 6.00. The predicted molar refractivity (Wildman–Crippen MR) is 82.1 cm³/mol. The summed E-state index contributed by atoms with van der Waals surface area (Å²) in [7, 11) is -1.62. The van der Waals surface area contributed by atoms with E-state index < -0.39 is 8.32 Å². The predicted octanol–water partition coefficient (Wildman–Crippen LogP) is 4.88. The van der Waals surface area contributed by atoms with Crippen LogP contribution in [0.3, 0.4) is 0 Å². The average molecular weight is 260 g/mol. The largest absolute Gasteiger partial charge is 0.413 e. The molecule has 0 unspecified atom stereocenters. The van der Waals surface area contributed by atoms with Gasteiger partial charge in [0.1, 0.15) is 0 Å².